The van der Waals surface area contributed by atoms with Crippen LogP contribution in [0.3, 0.4) is 0 Å². The first-order valence-electron chi connectivity index (χ1n) is 6.16. The maximum Gasteiger partial charge on any atom is 0.0557 e. The molecule has 2 saturated carbocycles. The molecule has 4 aliphatic rings. The molecule has 0 aromatic heterocycles. The van der Waals surface area contributed by atoms with Gasteiger partial charge in [0.1, 0.15) is 0 Å². The molecule has 2 unspecified atom stereocenters. The van der Waals surface area contributed by atoms with E-state index in [-0.39, 0.29) is 5.41 Å². The van der Waals surface area contributed by atoms with E-state index >= 15 is 0 Å². The second kappa shape index (κ2) is 2.78. The lowest BCUT2D eigenvalue weighted by Crippen LogP contribution is -2.66. The highest BCUT2D eigenvalue weighted by atomic mass is 15.0. The minimum atomic E-state index is 0.0179. The highest BCUT2D eigenvalue weighted by molar-refractivity contribution is 5.79. The van der Waals surface area contributed by atoms with Crippen molar-refractivity contribution in [3.05, 3.63) is 35.7 Å². The summed E-state index contributed by atoms with van der Waals surface area (Å²) >= 11 is 0. The van der Waals surface area contributed by atoms with Gasteiger partial charge in [0.15, 0.2) is 0 Å². The van der Waals surface area contributed by atoms with Gasteiger partial charge in [0.05, 0.1) is 6.04 Å². The van der Waals surface area contributed by atoms with Gasteiger partial charge >= 0.3 is 0 Å². The van der Waals surface area contributed by atoms with Crippen LogP contribution in [0.15, 0.2) is 40.7 Å². The molecule has 0 radical (unpaired) electrons. The van der Waals surface area contributed by atoms with Gasteiger partial charge in [-0.2, -0.15) is 0 Å². The number of nitrogens with zero attached hydrogens (tertiary/aromatic N) is 1. The molecule has 86 valence electrons. The Bertz CT molecular complexity index is 526. The van der Waals surface area contributed by atoms with Gasteiger partial charge in [-0.3, -0.25) is 4.99 Å². The lowest BCUT2D eigenvalue weighted by Gasteiger charge is -2.66. The largest absolute Gasteiger partial charge is 0.359 e. The molecule has 0 amide bonds. The Hall–Kier alpha value is -1.64. The molecule has 2 aliphatic heterocycles. The fourth-order valence-corrected chi connectivity index (χ4v) is 4.11. The van der Waals surface area contributed by atoms with Crippen molar-refractivity contribution in [2.24, 2.45) is 22.2 Å². The molecule has 2 aliphatic carbocycles. The van der Waals surface area contributed by atoms with E-state index in [2.05, 4.69) is 29.0 Å². The molecular weight excluding hydrogens is 210 g/mol. The lowest BCUT2D eigenvalue weighted by molar-refractivity contribution is -0.0178. The van der Waals surface area contributed by atoms with Crippen LogP contribution in [0, 0.1) is 22.7 Å². The van der Waals surface area contributed by atoms with E-state index in [0.29, 0.717) is 17.9 Å². The zero-order chi connectivity index (χ0) is 11.6. The second-order valence-corrected chi connectivity index (χ2v) is 5.53. The van der Waals surface area contributed by atoms with Crippen molar-refractivity contribution < 1.29 is 0 Å². The third-order valence-electron chi connectivity index (χ3n) is 4.83. The Kier molecular flexibility index (Phi) is 1.54. The van der Waals surface area contributed by atoms with Gasteiger partial charge in [0, 0.05) is 35.2 Å². The van der Waals surface area contributed by atoms with E-state index in [0.717, 1.165) is 18.5 Å². The molecule has 4 atom stereocenters. The van der Waals surface area contributed by atoms with Crippen LogP contribution in [-0.4, -0.2) is 18.5 Å². The predicted octanol–water partition coefficient (Wildman–Crippen LogP) is 2.04. The van der Waals surface area contributed by atoms with Gasteiger partial charge in [0.25, 0.3) is 0 Å². The number of hydrogen-bond donors (Lipinski definition) is 2. The van der Waals surface area contributed by atoms with Crippen LogP contribution in [0.25, 0.3) is 0 Å². The maximum atomic E-state index is 7.75. The molecule has 4 rings (SSSR count). The highest BCUT2D eigenvalue weighted by Crippen LogP contribution is 2.69. The van der Waals surface area contributed by atoms with Crippen molar-refractivity contribution in [1.29, 1.82) is 5.41 Å². The summed E-state index contributed by atoms with van der Waals surface area (Å²) in [4.78, 5) is 4.61. The predicted molar refractivity (Wildman–Crippen MR) is 68.2 cm³/mol. The minimum absolute atomic E-state index is 0.0179. The number of allylic oxidation sites excluding steroid dienone is 4. The fraction of sp³-hybridized carbons (Fsp3) is 0.429. The monoisotopic (exact) mass is 225 g/mol. The SMILES string of the molecule is C=C1C=C2[C@H]3C/C(=C\C=N/C4CC2(C=N)[C@@H]43)N1. The molecule has 0 saturated heterocycles. The number of hydrogen-bond acceptors (Lipinski definition) is 3. The molecule has 0 aromatic carbocycles. The Morgan fingerprint density at radius 3 is 3.29 bits per heavy atom. The van der Waals surface area contributed by atoms with E-state index in [1.807, 2.05) is 6.21 Å². The Morgan fingerprint density at radius 2 is 2.47 bits per heavy atom. The number of nitrogens with one attached hydrogen (secondary N) is 2. The first kappa shape index (κ1) is 9.40. The van der Waals surface area contributed by atoms with E-state index in [4.69, 9.17) is 5.41 Å². The molecular formula is C14H15N3. The van der Waals surface area contributed by atoms with Gasteiger partial charge in [-0.15, -0.1) is 0 Å². The molecule has 2 bridgehead atoms. The molecule has 17 heavy (non-hydrogen) atoms. The van der Waals surface area contributed by atoms with Gasteiger partial charge in [0.2, 0.25) is 0 Å². The molecule has 3 heteroatoms. The van der Waals surface area contributed by atoms with Crippen molar-refractivity contribution in [3.63, 3.8) is 0 Å². The summed E-state index contributed by atoms with van der Waals surface area (Å²) in [7, 11) is 0. The molecule has 3 nitrogen and oxygen atoms in total. The average Bonchev–Trinajstić information content (AvgIpc) is 2.44. The van der Waals surface area contributed by atoms with Gasteiger partial charge < -0.3 is 10.7 Å². The average molecular weight is 225 g/mol. The topological polar surface area (TPSA) is 48.2 Å². The van der Waals surface area contributed by atoms with Crippen molar-refractivity contribution in [2.75, 3.05) is 0 Å². The van der Waals surface area contributed by atoms with Crippen LogP contribution in [0.5, 0.6) is 0 Å². The number of rotatable bonds is 1. The molecule has 0 aromatic rings. The van der Waals surface area contributed by atoms with Crippen molar-refractivity contribution >= 4 is 12.4 Å². The Balaban J connectivity index is 1.88. The first-order chi connectivity index (χ1) is 8.24. The normalized spacial score (nSPS) is 49.9. The van der Waals surface area contributed by atoms with E-state index in [9.17, 15) is 0 Å². The molecule has 2 heterocycles. The van der Waals surface area contributed by atoms with Gasteiger partial charge in [-0.1, -0.05) is 12.2 Å². The third kappa shape index (κ3) is 0.938. The van der Waals surface area contributed by atoms with Crippen LogP contribution in [0.1, 0.15) is 12.8 Å². The second-order valence-electron chi connectivity index (χ2n) is 5.53. The summed E-state index contributed by atoms with van der Waals surface area (Å²) in [5, 5.41) is 11.1. The van der Waals surface area contributed by atoms with Crippen LogP contribution in [-0.2, 0) is 0 Å². The quantitative estimate of drug-likeness (QED) is 0.659. The van der Waals surface area contributed by atoms with Crippen LogP contribution >= 0.6 is 0 Å². The zero-order valence-corrected chi connectivity index (χ0v) is 9.61. The lowest BCUT2D eigenvalue weighted by atomic mass is 9.38. The highest BCUT2D eigenvalue weighted by Gasteiger charge is 2.67. The zero-order valence-electron chi connectivity index (χ0n) is 9.61. The van der Waals surface area contributed by atoms with Crippen molar-refractivity contribution in [3.8, 4) is 0 Å². The summed E-state index contributed by atoms with van der Waals surface area (Å²) < 4.78 is 0. The summed E-state index contributed by atoms with van der Waals surface area (Å²) in [5.41, 5.74) is 3.59. The van der Waals surface area contributed by atoms with E-state index < -0.39 is 0 Å². The minimum Gasteiger partial charge on any atom is -0.359 e. The molecule has 0 spiro atoms. The smallest absolute Gasteiger partial charge is 0.0557 e. The first-order valence-corrected chi connectivity index (χ1v) is 6.16. The van der Waals surface area contributed by atoms with Crippen LogP contribution in [0.2, 0.25) is 0 Å². The van der Waals surface area contributed by atoms with Crippen LogP contribution < -0.4 is 5.32 Å². The standard InChI is InChI=1S/C14H15N3/c1-8-4-11-10-5-9(17-8)2-3-16-12-6-14(11,7-15)13(10)12/h2-4,7,10,12-13,15,17H,1,5-6H2/b9-2+,15-7?,16-3-/t10-,12?,13-,14?/m1/s1. The Morgan fingerprint density at radius 1 is 1.59 bits per heavy atom. The molecule has 2 fully saturated rings. The number of aliphatic imine (C=N–C) groups is 1. The van der Waals surface area contributed by atoms with Crippen LogP contribution in [0.4, 0.5) is 0 Å². The third-order valence-corrected chi connectivity index (χ3v) is 4.83. The fourth-order valence-electron chi connectivity index (χ4n) is 4.11. The van der Waals surface area contributed by atoms with Gasteiger partial charge in [-0.25, -0.2) is 0 Å². The van der Waals surface area contributed by atoms with Gasteiger partial charge in [-0.05, 0) is 30.9 Å². The van der Waals surface area contributed by atoms with E-state index in [1.165, 1.54) is 11.3 Å². The summed E-state index contributed by atoms with van der Waals surface area (Å²) in [6, 6.07) is 0.433. The van der Waals surface area contributed by atoms with E-state index in [1.54, 1.807) is 6.21 Å². The maximum absolute atomic E-state index is 7.75. The summed E-state index contributed by atoms with van der Waals surface area (Å²) in [6.07, 6.45) is 9.86. The Labute approximate surface area is 101 Å². The number of fused-ring (bicyclic) bond motifs is 2. The molecule has 2 N–H and O–H groups in total. The van der Waals surface area contributed by atoms with Crippen molar-refractivity contribution in [2.45, 2.75) is 18.9 Å². The van der Waals surface area contributed by atoms with Crippen molar-refractivity contribution in [1.82, 2.24) is 5.32 Å². The summed E-state index contributed by atoms with van der Waals surface area (Å²) in [5.74, 6) is 1.13. The summed E-state index contributed by atoms with van der Waals surface area (Å²) in [6.45, 7) is 4.04.